The van der Waals surface area contributed by atoms with E-state index in [-0.39, 0.29) is 36.0 Å². The lowest BCUT2D eigenvalue weighted by molar-refractivity contribution is -0.132. The molecule has 2 aromatic carbocycles. The number of carbonyl (C=O) groups is 2. The van der Waals surface area contributed by atoms with Crippen molar-refractivity contribution in [1.82, 2.24) is 18.8 Å². The molecule has 36 heavy (non-hydrogen) atoms. The predicted octanol–water partition coefficient (Wildman–Crippen LogP) is 2.41. The summed E-state index contributed by atoms with van der Waals surface area (Å²) in [6, 6.07) is 8.95. The molecule has 1 heterocycles. The van der Waals surface area contributed by atoms with E-state index in [2.05, 4.69) is 4.98 Å². The van der Waals surface area contributed by atoms with E-state index in [1.165, 1.54) is 14.2 Å². The van der Waals surface area contributed by atoms with Gasteiger partial charge in [-0.05, 0) is 54.8 Å². The van der Waals surface area contributed by atoms with Crippen LogP contribution in [0.3, 0.4) is 0 Å². The molecule has 0 fully saturated rings. The fourth-order valence-electron chi connectivity index (χ4n) is 4.16. The Labute approximate surface area is 211 Å². The van der Waals surface area contributed by atoms with E-state index >= 15 is 0 Å². The van der Waals surface area contributed by atoms with Gasteiger partial charge >= 0.3 is 0 Å². The van der Waals surface area contributed by atoms with Crippen LogP contribution in [0, 0.1) is 13.8 Å². The Kier molecular flexibility index (Phi) is 8.05. The minimum atomic E-state index is -3.89. The molecule has 0 spiro atoms. The zero-order valence-electron chi connectivity index (χ0n) is 21.5. The molecule has 1 amide bonds. The number of nitrogen functional groups attached to an aromatic ring is 1. The first-order valence-electron chi connectivity index (χ1n) is 11.4. The summed E-state index contributed by atoms with van der Waals surface area (Å²) >= 11 is 0. The summed E-state index contributed by atoms with van der Waals surface area (Å²) < 4.78 is 34.2. The number of carbonyl (C=O) groups excluding carboxylic acids is 2. The third-order valence-electron chi connectivity index (χ3n) is 6.18. The summed E-state index contributed by atoms with van der Waals surface area (Å²) in [6.07, 6.45) is -0.0639. The van der Waals surface area contributed by atoms with Gasteiger partial charge < -0.3 is 19.9 Å². The van der Waals surface area contributed by atoms with E-state index in [1.54, 1.807) is 42.5 Å². The molecule has 3 aromatic rings. The van der Waals surface area contributed by atoms with Crippen LogP contribution in [0.5, 0.6) is 5.75 Å². The Morgan fingerprint density at radius 2 is 1.72 bits per heavy atom. The van der Waals surface area contributed by atoms with E-state index in [0.29, 0.717) is 29.4 Å². The number of hydrogen-bond donors (Lipinski definition) is 1. The van der Waals surface area contributed by atoms with E-state index < -0.39 is 10.0 Å². The number of hydrogen-bond acceptors (Lipinski definition) is 7. The van der Waals surface area contributed by atoms with Gasteiger partial charge in [0.05, 0.1) is 29.6 Å². The largest absolute Gasteiger partial charge is 0.497 e. The van der Waals surface area contributed by atoms with Crippen molar-refractivity contribution in [3.05, 3.63) is 47.0 Å². The number of ketones is 1. The molecule has 0 radical (unpaired) electrons. The van der Waals surface area contributed by atoms with Gasteiger partial charge in [-0.2, -0.15) is 4.31 Å². The maximum absolute atomic E-state index is 13.1. The van der Waals surface area contributed by atoms with Gasteiger partial charge in [0.15, 0.2) is 0 Å². The highest BCUT2D eigenvalue weighted by Gasteiger charge is 2.27. The van der Waals surface area contributed by atoms with Gasteiger partial charge in [0.25, 0.3) is 0 Å². The number of nitrogens with two attached hydrogens (primary N) is 1. The van der Waals surface area contributed by atoms with Crippen LogP contribution in [0.15, 0.2) is 35.2 Å². The fourth-order valence-corrected chi connectivity index (χ4v) is 5.71. The number of nitrogens with zero attached hydrogens (tertiary/aromatic N) is 4. The number of sulfonamides is 1. The highest BCUT2D eigenvalue weighted by Crippen LogP contribution is 2.28. The lowest BCUT2D eigenvalue weighted by Crippen LogP contribution is -2.34. The van der Waals surface area contributed by atoms with E-state index in [1.807, 2.05) is 25.2 Å². The summed E-state index contributed by atoms with van der Waals surface area (Å²) in [5.41, 5.74) is 9.47. The van der Waals surface area contributed by atoms with Crippen LogP contribution in [0.25, 0.3) is 11.0 Å². The quantitative estimate of drug-likeness (QED) is 0.439. The summed E-state index contributed by atoms with van der Waals surface area (Å²) in [6.45, 7) is 3.42. The molecule has 11 heteroatoms. The number of anilines is 1. The second-order valence-electron chi connectivity index (χ2n) is 8.99. The Hall–Kier alpha value is -3.44. The molecular weight excluding hydrogens is 482 g/mol. The van der Waals surface area contributed by atoms with Crippen molar-refractivity contribution in [3.63, 3.8) is 0 Å². The maximum atomic E-state index is 13.1. The van der Waals surface area contributed by atoms with Gasteiger partial charge in [-0.3, -0.25) is 9.59 Å². The summed E-state index contributed by atoms with van der Waals surface area (Å²) in [4.78, 5) is 31.1. The number of fused-ring (bicyclic) bond motifs is 1. The van der Waals surface area contributed by atoms with Crippen LogP contribution >= 0.6 is 0 Å². The highest BCUT2D eigenvalue weighted by atomic mass is 32.2. The van der Waals surface area contributed by atoms with Gasteiger partial charge in [0.2, 0.25) is 21.9 Å². The van der Waals surface area contributed by atoms with Crippen molar-refractivity contribution in [2.75, 3.05) is 33.5 Å². The maximum Gasteiger partial charge on any atom is 0.243 e. The van der Waals surface area contributed by atoms with Crippen molar-refractivity contribution in [2.45, 2.75) is 38.1 Å². The van der Waals surface area contributed by atoms with E-state index in [9.17, 15) is 18.0 Å². The molecule has 0 bridgehead atoms. The van der Waals surface area contributed by atoms with Gasteiger partial charge in [0.1, 0.15) is 11.5 Å². The van der Waals surface area contributed by atoms with Crippen molar-refractivity contribution >= 4 is 38.7 Å². The second-order valence-corrected chi connectivity index (χ2v) is 11.0. The fraction of sp³-hybridized carbons (Fsp3) is 0.400. The molecule has 1 aromatic heterocycles. The van der Waals surface area contributed by atoms with E-state index in [0.717, 1.165) is 20.9 Å². The van der Waals surface area contributed by atoms with Crippen molar-refractivity contribution in [3.8, 4) is 5.75 Å². The molecule has 3 rings (SSSR count). The number of benzene rings is 2. The first-order chi connectivity index (χ1) is 16.8. The van der Waals surface area contributed by atoms with Crippen molar-refractivity contribution in [1.29, 1.82) is 0 Å². The summed E-state index contributed by atoms with van der Waals surface area (Å²) in [5.74, 6) is 0.433. The number of methoxy groups -OCH3 is 1. The number of aryl methyl sites for hydroxylation is 3. The van der Waals surface area contributed by atoms with Gasteiger partial charge in [-0.25, -0.2) is 13.4 Å². The highest BCUT2D eigenvalue weighted by molar-refractivity contribution is 7.89. The lowest BCUT2D eigenvalue weighted by Gasteiger charge is -2.20. The lowest BCUT2D eigenvalue weighted by atomic mass is 10.1. The summed E-state index contributed by atoms with van der Waals surface area (Å²) in [7, 11) is 2.48. The topological polar surface area (TPSA) is 128 Å². The predicted molar refractivity (Wildman–Crippen MR) is 138 cm³/mol. The number of likely N-dealkylation sites (N-methyl/N-ethyl adjacent to an activating group) is 1. The zero-order valence-corrected chi connectivity index (χ0v) is 22.3. The Morgan fingerprint density at radius 3 is 2.33 bits per heavy atom. The Bertz CT molecular complexity index is 1390. The van der Waals surface area contributed by atoms with Gasteiger partial charge in [0, 0.05) is 40.5 Å². The van der Waals surface area contributed by atoms with Crippen molar-refractivity contribution < 1.29 is 22.7 Å². The van der Waals surface area contributed by atoms with Crippen molar-refractivity contribution in [2.24, 2.45) is 7.05 Å². The average Bonchev–Trinajstić information content (AvgIpc) is 3.09. The number of ether oxygens (including phenoxy) is 1. The standard InChI is InChI=1S/C25H33N5O5S/c1-16-11-20(35-6)12-17(2)24(16)36(33,34)29(4)15-19(31)8-10-23(32)28(3)14-18-7-9-21-22(13-18)30(5)25(26)27-21/h7,9,11-13H,8,10,14-15H2,1-6H3,(H2,26,27). The zero-order chi connectivity index (χ0) is 26.8. The molecule has 0 saturated carbocycles. The first kappa shape index (κ1) is 27.2. The number of amides is 1. The average molecular weight is 516 g/mol. The third kappa shape index (κ3) is 5.68. The van der Waals surface area contributed by atoms with Gasteiger partial charge in [-0.15, -0.1) is 0 Å². The van der Waals surface area contributed by atoms with Crippen LogP contribution in [0.1, 0.15) is 29.5 Å². The van der Waals surface area contributed by atoms with Crippen LogP contribution in [-0.2, 0) is 33.2 Å². The molecule has 194 valence electrons. The second kappa shape index (κ2) is 10.7. The van der Waals surface area contributed by atoms with Crippen LogP contribution in [0.2, 0.25) is 0 Å². The first-order valence-corrected chi connectivity index (χ1v) is 12.9. The number of imidazole rings is 1. The van der Waals surface area contributed by atoms with E-state index in [4.69, 9.17) is 10.5 Å². The minimum Gasteiger partial charge on any atom is -0.497 e. The molecule has 0 unspecified atom stereocenters. The van der Waals surface area contributed by atoms with Gasteiger partial charge in [-0.1, -0.05) is 6.07 Å². The Morgan fingerprint density at radius 1 is 1.08 bits per heavy atom. The smallest absolute Gasteiger partial charge is 0.243 e. The molecule has 10 nitrogen and oxygen atoms in total. The Balaban J connectivity index is 1.58. The summed E-state index contributed by atoms with van der Waals surface area (Å²) in [5, 5.41) is 0. The van der Waals surface area contributed by atoms with Crippen LogP contribution < -0.4 is 10.5 Å². The van der Waals surface area contributed by atoms with Crippen LogP contribution in [-0.4, -0.2) is 66.6 Å². The third-order valence-corrected chi connectivity index (χ3v) is 8.29. The molecule has 0 atom stereocenters. The van der Waals surface area contributed by atoms with Crippen LogP contribution in [0.4, 0.5) is 5.95 Å². The normalized spacial score (nSPS) is 11.8. The number of rotatable bonds is 10. The molecule has 2 N–H and O–H groups in total. The minimum absolute atomic E-state index is 0.00921. The molecule has 0 aliphatic rings. The molecule has 0 aliphatic carbocycles. The monoisotopic (exact) mass is 515 g/mol. The number of Topliss-reactive ketones (excluding diaryl/α,β-unsaturated/α-hetero) is 1. The SMILES string of the molecule is COc1cc(C)c(S(=O)(=O)N(C)CC(=O)CCC(=O)N(C)Cc2ccc3nc(N)n(C)c3c2)c(C)c1. The number of aromatic nitrogens is 2. The molecular formula is C25H33N5O5S. The molecule has 0 saturated heterocycles. The molecule has 0 aliphatic heterocycles.